The molecule has 0 heterocycles. The lowest BCUT2D eigenvalue weighted by Crippen LogP contribution is -2.13. The molecule has 0 spiro atoms. The van der Waals surface area contributed by atoms with Gasteiger partial charge in [0.1, 0.15) is 6.61 Å². The van der Waals surface area contributed by atoms with Crippen LogP contribution >= 0.6 is 0 Å². The number of rotatable bonds is 6. The van der Waals surface area contributed by atoms with Crippen molar-refractivity contribution in [3.8, 4) is 0 Å². The predicted molar refractivity (Wildman–Crippen MR) is 81.4 cm³/mol. The molecule has 1 atom stereocenters. The van der Waals surface area contributed by atoms with Crippen LogP contribution in [0.1, 0.15) is 34.3 Å². The van der Waals surface area contributed by atoms with E-state index in [0.717, 1.165) is 11.1 Å². The molecule has 0 saturated heterocycles. The van der Waals surface area contributed by atoms with Gasteiger partial charge in [0.25, 0.3) is 0 Å². The summed E-state index contributed by atoms with van der Waals surface area (Å²) in [5, 5.41) is 8.87. The fourth-order valence-corrected chi connectivity index (χ4v) is 2.16. The Morgan fingerprint density at radius 3 is 2.19 bits per heavy atom. The summed E-state index contributed by atoms with van der Waals surface area (Å²) < 4.78 is 0. The van der Waals surface area contributed by atoms with Gasteiger partial charge >= 0.3 is 0 Å². The molecular formula is C18H18O3. The molecule has 2 rings (SSSR count). The van der Waals surface area contributed by atoms with Crippen LogP contribution in [0.5, 0.6) is 0 Å². The second kappa shape index (κ2) is 6.95. The molecule has 21 heavy (non-hydrogen) atoms. The van der Waals surface area contributed by atoms with Crippen molar-refractivity contribution in [3.63, 3.8) is 0 Å². The summed E-state index contributed by atoms with van der Waals surface area (Å²) in [5.74, 6) is -0.527. The maximum atomic E-state index is 12.2. The third-order valence-electron chi connectivity index (χ3n) is 3.58. The fraction of sp³-hybridized carbons (Fsp3) is 0.222. The average Bonchev–Trinajstić information content (AvgIpc) is 2.54. The number of Topliss-reactive ketones (excluding diaryl/α,β-unsaturated/α-hetero) is 2. The Hall–Kier alpha value is -2.26. The molecular weight excluding hydrogens is 264 g/mol. The molecule has 0 bridgehead atoms. The zero-order valence-electron chi connectivity index (χ0n) is 12.0. The molecule has 3 nitrogen and oxygen atoms in total. The zero-order chi connectivity index (χ0) is 15.2. The van der Waals surface area contributed by atoms with Crippen molar-refractivity contribution < 1.29 is 14.7 Å². The highest BCUT2D eigenvalue weighted by Crippen LogP contribution is 2.17. The minimum Gasteiger partial charge on any atom is -0.389 e. The zero-order valence-corrected chi connectivity index (χ0v) is 12.0. The topological polar surface area (TPSA) is 54.4 Å². The van der Waals surface area contributed by atoms with Crippen molar-refractivity contribution in [1.82, 2.24) is 0 Å². The molecule has 0 aromatic heterocycles. The Morgan fingerprint density at radius 1 is 1.00 bits per heavy atom. The minimum absolute atomic E-state index is 0.0499. The van der Waals surface area contributed by atoms with Crippen LogP contribution in [0.4, 0.5) is 0 Å². The van der Waals surface area contributed by atoms with E-state index in [2.05, 4.69) is 0 Å². The van der Waals surface area contributed by atoms with Crippen molar-refractivity contribution in [2.45, 2.75) is 19.3 Å². The summed E-state index contributed by atoms with van der Waals surface area (Å²) in [7, 11) is 0. The first-order chi connectivity index (χ1) is 10.1. The van der Waals surface area contributed by atoms with Gasteiger partial charge in [0.05, 0.1) is 0 Å². The molecule has 0 radical (unpaired) electrons. The summed E-state index contributed by atoms with van der Waals surface area (Å²) >= 11 is 0. The van der Waals surface area contributed by atoms with Crippen LogP contribution in [0.2, 0.25) is 0 Å². The Morgan fingerprint density at radius 2 is 1.62 bits per heavy atom. The molecule has 2 aromatic rings. The molecule has 0 aliphatic rings. The highest BCUT2D eigenvalue weighted by molar-refractivity contribution is 5.97. The maximum Gasteiger partial charge on any atom is 0.167 e. The second-order valence-corrected chi connectivity index (χ2v) is 5.05. The standard InChI is InChI=1S/C18H18O3/c1-13(18(21)12-19)15-7-9-16(10-8-15)17(20)11-14-5-3-2-4-6-14/h2-10,13,19H,11-12H2,1H3. The number of aliphatic hydroxyl groups is 1. The SMILES string of the molecule is CC(C(=O)CO)c1ccc(C(=O)Cc2ccccc2)cc1. The van der Waals surface area contributed by atoms with Gasteiger partial charge in [0.2, 0.25) is 0 Å². The maximum absolute atomic E-state index is 12.2. The van der Waals surface area contributed by atoms with Crippen molar-refractivity contribution in [3.05, 3.63) is 71.3 Å². The molecule has 0 aliphatic carbocycles. The first kappa shape index (κ1) is 15.1. The van der Waals surface area contributed by atoms with Crippen LogP contribution in [0.15, 0.2) is 54.6 Å². The van der Waals surface area contributed by atoms with Gasteiger partial charge in [-0.05, 0) is 11.1 Å². The third-order valence-corrected chi connectivity index (χ3v) is 3.58. The van der Waals surface area contributed by atoms with E-state index in [1.165, 1.54) is 0 Å². The van der Waals surface area contributed by atoms with E-state index in [4.69, 9.17) is 5.11 Å². The molecule has 0 amide bonds. The van der Waals surface area contributed by atoms with Gasteiger partial charge in [0, 0.05) is 17.9 Å². The lowest BCUT2D eigenvalue weighted by Gasteiger charge is -2.09. The van der Waals surface area contributed by atoms with Gasteiger partial charge in [-0.3, -0.25) is 9.59 Å². The monoisotopic (exact) mass is 282 g/mol. The van der Waals surface area contributed by atoms with Crippen molar-refractivity contribution >= 4 is 11.6 Å². The Kier molecular flexibility index (Phi) is 5.01. The van der Waals surface area contributed by atoms with Crippen molar-refractivity contribution in [1.29, 1.82) is 0 Å². The number of carbonyl (C=O) groups is 2. The summed E-state index contributed by atoms with van der Waals surface area (Å²) in [6.07, 6.45) is 0.366. The summed E-state index contributed by atoms with van der Waals surface area (Å²) in [6, 6.07) is 16.6. The van der Waals surface area contributed by atoms with Crippen LogP contribution in [-0.4, -0.2) is 23.3 Å². The normalized spacial score (nSPS) is 11.9. The van der Waals surface area contributed by atoms with Gasteiger partial charge < -0.3 is 5.11 Å². The number of carbonyl (C=O) groups excluding carboxylic acids is 2. The lowest BCUT2D eigenvalue weighted by molar-refractivity contribution is -0.122. The first-order valence-electron chi connectivity index (χ1n) is 6.92. The van der Waals surface area contributed by atoms with Gasteiger partial charge in [-0.1, -0.05) is 61.5 Å². The number of ketones is 2. The lowest BCUT2D eigenvalue weighted by atomic mass is 9.94. The molecule has 1 N–H and O–H groups in total. The summed E-state index contributed by atoms with van der Waals surface area (Å²) in [4.78, 5) is 23.6. The van der Waals surface area contributed by atoms with Crippen molar-refractivity contribution in [2.24, 2.45) is 0 Å². The van der Waals surface area contributed by atoms with E-state index in [0.29, 0.717) is 12.0 Å². The van der Waals surface area contributed by atoms with E-state index in [1.807, 2.05) is 30.3 Å². The molecule has 0 aliphatic heterocycles. The number of hydrogen-bond donors (Lipinski definition) is 1. The second-order valence-electron chi connectivity index (χ2n) is 5.05. The summed E-state index contributed by atoms with van der Waals surface area (Å²) in [6.45, 7) is 1.29. The molecule has 0 fully saturated rings. The van der Waals surface area contributed by atoms with Gasteiger partial charge in [-0.25, -0.2) is 0 Å². The highest BCUT2D eigenvalue weighted by Gasteiger charge is 2.14. The van der Waals surface area contributed by atoms with Gasteiger partial charge in [-0.2, -0.15) is 0 Å². The van der Waals surface area contributed by atoms with Crippen LogP contribution in [-0.2, 0) is 11.2 Å². The van der Waals surface area contributed by atoms with Crippen LogP contribution in [0.3, 0.4) is 0 Å². The molecule has 0 saturated carbocycles. The van der Waals surface area contributed by atoms with Crippen LogP contribution in [0.25, 0.3) is 0 Å². The Bertz CT molecular complexity index is 615. The number of aliphatic hydroxyl groups excluding tert-OH is 1. The van der Waals surface area contributed by atoms with E-state index in [1.54, 1.807) is 31.2 Å². The van der Waals surface area contributed by atoms with Gasteiger partial charge in [-0.15, -0.1) is 0 Å². The van der Waals surface area contributed by atoms with Gasteiger partial charge in [0.15, 0.2) is 11.6 Å². The van der Waals surface area contributed by atoms with Crippen molar-refractivity contribution in [2.75, 3.05) is 6.61 Å². The predicted octanol–water partition coefficient (Wildman–Crippen LogP) is 2.78. The quantitative estimate of drug-likeness (QED) is 0.829. The smallest absolute Gasteiger partial charge is 0.167 e. The molecule has 3 heteroatoms. The highest BCUT2D eigenvalue weighted by atomic mass is 16.3. The number of benzene rings is 2. The Balaban J connectivity index is 2.08. The first-order valence-corrected chi connectivity index (χ1v) is 6.92. The Labute approximate surface area is 124 Å². The van der Waals surface area contributed by atoms with Crippen LogP contribution < -0.4 is 0 Å². The minimum atomic E-state index is -0.462. The van der Waals surface area contributed by atoms with E-state index < -0.39 is 6.61 Å². The molecule has 1 unspecified atom stereocenters. The average molecular weight is 282 g/mol. The molecule has 108 valence electrons. The molecule has 2 aromatic carbocycles. The van der Waals surface area contributed by atoms with Crippen LogP contribution in [0, 0.1) is 0 Å². The third kappa shape index (κ3) is 3.86. The van der Waals surface area contributed by atoms with E-state index in [9.17, 15) is 9.59 Å². The largest absolute Gasteiger partial charge is 0.389 e. The fourth-order valence-electron chi connectivity index (χ4n) is 2.16. The number of hydrogen-bond acceptors (Lipinski definition) is 3. The van der Waals surface area contributed by atoms with E-state index in [-0.39, 0.29) is 17.5 Å². The van der Waals surface area contributed by atoms with E-state index >= 15 is 0 Å². The summed E-state index contributed by atoms with van der Waals surface area (Å²) in [5.41, 5.74) is 2.42.